The molecular weight excluding hydrogens is 340 g/mol. The summed E-state index contributed by atoms with van der Waals surface area (Å²) in [5.41, 5.74) is 1.48. The van der Waals surface area contributed by atoms with Gasteiger partial charge in [0.15, 0.2) is 0 Å². The van der Waals surface area contributed by atoms with E-state index in [1.54, 1.807) is 38.3 Å². The second-order valence-corrected chi connectivity index (χ2v) is 7.91. The van der Waals surface area contributed by atoms with E-state index in [9.17, 15) is 13.2 Å². The third-order valence-corrected chi connectivity index (χ3v) is 5.06. The molecule has 0 saturated carbocycles. The zero-order valence-corrected chi connectivity index (χ0v) is 15.3. The van der Waals surface area contributed by atoms with Crippen molar-refractivity contribution in [1.82, 2.24) is 10.0 Å². The normalized spacial score (nSPS) is 11.6. The zero-order chi connectivity index (χ0) is 18.3. The highest BCUT2D eigenvalue weighted by Crippen LogP contribution is 2.13. The number of hydrogen-bond donors (Lipinski definition) is 2. The molecule has 0 spiro atoms. The molecule has 1 heterocycles. The molecule has 25 heavy (non-hydrogen) atoms. The van der Waals surface area contributed by atoms with E-state index < -0.39 is 10.0 Å². The number of amides is 1. The summed E-state index contributed by atoms with van der Waals surface area (Å²) < 4.78 is 32.0. The minimum absolute atomic E-state index is 0.102. The van der Waals surface area contributed by atoms with E-state index in [0.717, 1.165) is 11.3 Å². The Morgan fingerprint density at radius 3 is 2.48 bits per heavy atom. The Balaban J connectivity index is 1.92. The molecule has 1 aromatic heterocycles. The molecule has 0 saturated heterocycles. The molecule has 2 N–H and O–H groups in total. The lowest BCUT2D eigenvalue weighted by Gasteiger charge is -2.13. The van der Waals surface area contributed by atoms with Gasteiger partial charge in [0.25, 0.3) is 0 Å². The summed E-state index contributed by atoms with van der Waals surface area (Å²) in [6.45, 7) is 3.86. The molecule has 0 aliphatic heterocycles. The molecule has 0 radical (unpaired) electrons. The molecule has 1 aromatic carbocycles. The highest BCUT2D eigenvalue weighted by Gasteiger charge is 2.15. The van der Waals surface area contributed by atoms with Crippen molar-refractivity contribution in [3.63, 3.8) is 0 Å². The van der Waals surface area contributed by atoms with Gasteiger partial charge in [-0.1, -0.05) is 24.3 Å². The number of aryl methyl sites for hydroxylation is 1. The first-order valence-corrected chi connectivity index (χ1v) is 9.87. The van der Waals surface area contributed by atoms with Crippen LogP contribution in [0.25, 0.3) is 0 Å². The first-order valence-electron chi connectivity index (χ1n) is 8.21. The predicted octanol–water partition coefficient (Wildman–Crippen LogP) is 2.36. The Morgan fingerprint density at radius 2 is 1.84 bits per heavy atom. The Labute approximate surface area is 148 Å². The van der Waals surface area contributed by atoms with Gasteiger partial charge in [-0.25, -0.2) is 13.1 Å². The van der Waals surface area contributed by atoms with Crippen LogP contribution < -0.4 is 10.0 Å². The quantitative estimate of drug-likeness (QED) is 0.715. The molecule has 0 fully saturated rings. The van der Waals surface area contributed by atoms with Gasteiger partial charge in [0.1, 0.15) is 5.76 Å². The molecule has 6 nitrogen and oxygen atoms in total. The maximum atomic E-state index is 12.1. The minimum atomic E-state index is -3.41. The van der Waals surface area contributed by atoms with Crippen LogP contribution in [-0.2, 0) is 33.5 Å². The lowest BCUT2D eigenvalue weighted by atomic mass is 10.1. The van der Waals surface area contributed by atoms with Gasteiger partial charge in [-0.05, 0) is 37.1 Å². The van der Waals surface area contributed by atoms with Crippen molar-refractivity contribution in [3.8, 4) is 0 Å². The van der Waals surface area contributed by atoms with Crippen molar-refractivity contribution in [3.05, 3.63) is 59.5 Å². The molecule has 0 aliphatic rings. The summed E-state index contributed by atoms with van der Waals surface area (Å²) in [5, 5.41) is 2.83. The van der Waals surface area contributed by atoms with E-state index in [2.05, 4.69) is 10.0 Å². The zero-order valence-electron chi connectivity index (χ0n) is 14.5. The molecule has 2 rings (SSSR count). The van der Waals surface area contributed by atoms with E-state index in [1.807, 2.05) is 18.2 Å². The molecule has 0 bridgehead atoms. The predicted molar refractivity (Wildman–Crippen MR) is 96.2 cm³/mol. The van der Waals surface area contributed by atoms with Crippen molar-refractivity contribution in [1.29, 1.82) is 0 Å². The number of rotatable bonds is 9. The van der Waals surface area contributed by atoms with Crippen LogP contribution in [0.3, 0.4) is 0 Å². The number of carbonyl (C=O) groups excluding carboxylic acids is 1. The van der Waals surface area contributed by atoms with Crippen LogP contribution in [0.5, 0.6) is 0 Å². The summed E-state index contributed by atoms with van der Waals surface area (Å²) in [7, 11) is -3.41. The van der Waals surface area contributed by atoms with E-state index in [-0.39, 0.29) is 17.7 Å². The smallest absolute Gasteiger partial charge is 0.220 e. The third kappa shape index (κ3) is 6.72. The molecule has 0 atom stereocenters. The standard InChI is InChI=1S/C18H24N2O4S/c1-14(2)20-25(22,23)13-16-7-4-3-6-15(16)12-19-18(21)10-9-17-8-5-11-24-17/h3-8,11,14,20H,9-10,12-13H2,1-2H3,(H,19,21). The average Bonchev–Trinajstić information content (AvgIpc) is 3.04. The molecule has 1 amide bonds. The molecule has 7 heteroatoms. The molecule has 2 aromatic rings. The van der Waals surface area contributed by atoms with Gasteiger partial charge in [0.2, 0.25) is 15.9 Å². The monoisotopic (exact) mass is 364 g/mol. The molecule has 136 valence electrons. The van der Waals surface area contributed by atoms with E-state index >= 15 is 0 Å². The average molecular weight is 364 g/mol. The van der Waals surface area contributed by atoms with Crippen LogP contribution in [0.4, 0.5) is 0 Å². The molecular formula is C18H24N2O4S. The highest BCUT2D eigenvalue weighted by molar-refractivity contribution is 7.88. The van der Waals surface area contributed by atoms with Crippen molar-refractivity contribution >= 4 is 15.9 Å². The van der Waals surface area contributed by atoms with Crippen LogP contribution in [0.1, 0.15) is 37.2 Å². The van der Waals surface area contributed by atoms with Crippen molar-refractivity contribution in [2.24, 2.45) is 0 Å². The van der Waals surface area contributed by atoms with E-state index in [4.69, 9.17) is 4.42 Å². The molecule has 0 aliphatic carbocycles. The van der Waals surface area contributed by atoms with Crippen molar-refractivity contribution in [2.75, 3.05) is 0 Å². The summed E-state index contributed by atoms with van der Waals surface area (Å²) in [4.78, 5) is 12.0. The molecule has 0 unspecified atom stereocenters. The summed E-state index contributed by atoms with van der Waals surface area (Å²) in [6.07, 6.45) is 2.44. The van der Waals surface area contributed by atoms with Crippen molar-refractivity contribution < 1.29 is 17.6 Å². The number of benzene rings is 1. The Bertz CT molecular complexity index is 783. The SMILES string of the molecule is CC(C)NS(=O)(=O)Cc1ccccc1CNC(=O)CCc1ccco1. The minimum Gasteiger partial charge on any atom is -0.469 e. The van der Waals surface area contributed by atoms with E-state index in [1.165, 1.54) is 0 Å². The summed E-state index contributed by atoms with van der Waals surface area (Å²) in [5.74, 6) is 0.555. The van der Waals surface area contributed by atoms with Gasteiger partial charge >= 0.3 is 0 Å². The van der Waals surface area contributed by atoms with Gasteiger partial charge in [-0.2, -0.15) is 0 Å². The Hall–Kier alpha value is -2.12. The number of hydrogen-bond acceptors (Lipinski definition) is 4. The second kappa shape index (κ2) is 8.82. The Kier molecular flexibility index (Phi) is 6.78. The fourth-order valence-corrected chi connectivity index (χ4v) is 3.94. The van der Waals surface area contributed by atoms with E-state index in [0.29, 0.717) is 24.9 Å². The lowest BCUT2D eigenvalue weighted by Crippen LogP contribution is -2.32. The fraction of sp³-hybridized carbons (Fsp3) is 0.389. The van der Waals surface area contributed by atoms with Gasteiger partial charge in [-0.15, -0.1) is 0 Å². The summed E-state index contributed by atoms with van der Waals surface area (Å²) in [6, 6.07) is 10.7. The van der Waals surface area contributed by atoms with Crippen molar-refractivity contribution in [2.45, 2.75) is 45.0 Å². The van der Waals surface area contributed by atoms with Crippen LogP contribution in [0.2, 0.25) is 0 Å². The topological polar surface area (TPSA) is 88.4 Å². The number of carbonyl (C=O) groups is 1. The fourth-order valence-electron chi connectivity index (χ4n) is 2.45. The first kappa shape index (κ1) is 19.2. The van der Waals surface area contributed by atoms with Crippen LogP contribution in [0.15, 0.2) is 47.1 Å². The first-order chi connectivity index (χ1) is 11.9. The number of sulfonamides is 1. The highest BCUT2D eigenvalue weighted by atomic mass is 32.2. The van der Waals surface area contributed by atoms with Crippen LogP contribution in [-0.4, -0.2) is 20.4 Å². The van der Waals surface area contributed by atoms with Crippen LogP contribution >= 0.6 is 0 Å². The maximum Gasteiger partial charge on any atom is 0.220 e. The van der Waals surface area contributed by atoms with Gasteiger partial charge < -0.3 is 9.73 Å². The Morgan fingerprint density at radius 1 is 1.12 bits per heavy atom. The number of furan rings is 1. The van der Waals surface area contributed by atoms with Gasteiger partial charge in [0, 0.05) is 25.4 Å². The van der Waals surface area contributed by atoms with Gasteiger partial charge in [0.05, 0.1) is 12.0 Å². The largest absolute Gasteiger partial charge is 0.469 e. The summed E-state index contributed by atoms with van der Waals surface area (Å²) >= 11 is 0. The number of nitrogens with one attached hydrogen (secondary N) is 2. The third-order valence-electron chi connectivity index (χ3n) is 3.53. The lowest BCUT2D eigenvalue weighted by molar-refractivity contribution is -0.121. The second-order valence-electron chi connectivity index (χ2n) is 6.16. The van der Waals surface area contributed by atoms with Gasteiger partial charge in [-0.3, -0.25) is 4.79 Å². The maximum absolute atomic E-state index is 12.1. The van der Waals surface area contributed by atoms with Crippen LogP contribution in [0, 0.1) is 0 Å².